The minimum absolute atomic E-state index is 0.0729. The van der Waals surface area contributed by atoms with Crippen LogP contribution in [0.25, 0.3) is 0 Å². The van der Waals surface area contributed by atoms with Gasteiger partial charge in [-0.2, -0.15) is 0 Å². The van der Waals surface area contributed by atoms with Gasteiger partial charge < -0.3 is 14.5 Å². The molecule has 6 nitrogen and oxygen atoms in total. The smallest absolute Gasteiger partial charge is 0.287 e. The molecule has 8 heteroatoms. The summed E-state index contributed by atoms with van der Waals surface area (Å²) in [7, 11) is 1.33. The molecule has 0 saturated carbocycles. The van der Waals surface area contributed by atoms with E-state index in [9.17, 15) is 13.2 Å². The number of halogens is 1. The van der Waals surface area contributed by atoms with Gasteiger partial charge in [-0.1, -0.05) is 0 Å². The summed E-state index contributed by atoms with van der Waals surface area (Å²) < 4.78 is 32.9. The summed E-state index contributed by atoms with van der Waals surface area (Å²) in [4.78, 5) is 11.8. The number of furan rings is 1. The summed E-state index contributed by atoms with van der Waals surface area (Å²) in [5.41, 5.74) is 0. The molecule has 0 aliphatic carbocycles. The van der Waals surface area contributed by atoms with E-state index in [1.807, 2.05) is 6.92 Å². The third-order valence-corrected chi connectivity index (χ3v) is 4.48. The molecular formula is C11H14ClNO5S. The summed E-state index contributed by atoms with van der Waals surface area (Å²) in [6.45, 7) is 3.89. The van der Waals surface area contributed by atoms with Crippen molar-refractivity contribution in [2.75, 3.05) is 6.61 Å². The fraction of sp³-hybridized carbons (Fsp3) is 0.545. The van der Waals surface area contributed by atoms with Crippen LogP contribution in [-0.4, -0.2) is 33.1 Å². The van der Waals surface area contributed by atoms with E-state index in [-0.39, 0.29) is 28.6 Å². The molecule has 19 heavy (non-hydrogen) atoms. The van der Waals surface area contributed by atoms with Crippen molar-refractivity contribution in [3.63, 3.8) is 0 Å². The zero-order valence-electron chi connectivity index (χ0n) is 10.5. The first-order chi connectivity index (χ1) is 8.79. The minimum Gasteiger partial charge on any atom is -0.455 e. The quantitative estimate of drug-likeness (QED) is 0.854. The summed E-state index contributed by atoms with van der Waals surface area (Å²) in [5, 5.41) is 2.74. The van der Waals surface area contributed by atoms with Crippen LogP contribution in [-0.2, 0) is 13.8 Å². The van der Waals surface area contributed by atoms with Gasteiger partial charge in [0.05, 0.1) is 12.1 Å². The number of ether oxygens (including phenoxy) is 1. The lowest BCUT2D eigenvalue weighted by Gasteiger charge is -2.14. The highest BCUT2D eigenvalue weighted by Crippen LogP contribution is 2.23. The van der Waals surface area contributed by atoms with Crippen molar-refractivity contribution < 1.29 is 22.4 Å². The number of nitrogens with one attached hydrogen (secondary N) is 1. The Balaban J connectivity index is 2.16. The van der Waals surface area contributed by atoms with Crippen LogP contribution in [0.5, 0.6) is 0 Å². The van der Waals surface area contributed by atoms with E-state index in [2.05, 4.69) is 5.32 Å². The van der Waals surface area contributed by atoms with E-state index < -0.39 is 15.0 Å². The molecule has 0 spiro atoms. The monoisotopic (exact) mass is 307 g/mol. The van der Waals surface area contributed by atoms with Crippen LogP contribution >= 0.6 is 10.7 Å². The Morgan fingerprint density at radius 1 is 1.53 bits per heavy atom. The highest BCUT2D eigenvalue weighted by Gasteiger charge is 2.28. The number of hydrogen-bond acceptors (Lipinski definition) is 5. The van der Waals surface area contributed by atoms with Gasteiger partial charge >= 0.3 is 0 Å². The SMILES string of the molecule is Cc1oc(C(=O)NC2CCOC2C)cc1S(=O)(=O)Cl. The van der Waals surface area contributed by atoms with Crippen LogP contribution in [0.2, 0.25) is 0 Å². The fourth-order valence-corrected chi connectivity index (χ4v) is 3.07. The third kappa shape index (κ3) is 3.10. The Bertz CT molecular complexity index is 594. The molecule has 1 N–H and O–H groups in total. The second-order valence-electron chi connectivity index (χ2n) is 4.41. The van der Waals surface area contributed by atoms with Crippen molar-refractivity contribution in [1.29, 1.82) is 0 Å². The Morgan fingerprint density at radius 3 is 2.68 bits per heavy atom. The maximum atomic E-state index is 11.9. The predicted molar refractivity (Wildman–Crippen MR) is 67.8 cm³/mol. The van der Waals surface area contributed by atoms with Gasteiger partial charge in [-0.3, -0.25) is 4.79 Å². The van der Waals surface area contributed by atoms with Crippen LogP contribution < -0.4 is 5.32 Å². The van der Waals surface area contributed by atoms with Gasteiger partial charge in [0.15, 0.2) is 5.76 Å². The molecule has 2 heterocycles. The van der Waals surface area contributed by atoms with Gasteiger partial charge in [0.25, 0.3) is 15.0 Å². The van der Waals surface area contributed by atoms with Gasteiger partial charge in [-0.15, -0.1) is 0 Å². The molecule has 1 aliphatic rings. The minimum atomic E-state index is -3.91. The zero-order chi connectivity index (χ0) is 14.2. The van der Waals surface area contributed by atoms with Crippen LogP contribution in [0.1, 0.15) is 29.7 Å². The first kappa shape index (κ1) is 14.4. The largest absolute Gasteiger partial charge is 0.455 e. The summed E-state index contributed by atoms with van der Waals surface area (Å²) >= 11 is 0. The Labute approximate surface area is 115 Å². The van der Waals surface area contributed by atoms with Crippen LogP contribution in [0.15, 0.2) is 15.4 Å². The first-order valence-corrected chi connectivity index (χ1v) is 8.07. The first-order valence-electron chi connectivity index (χ1n) is 5.76. The van der Waals surface area contributed by atoms with Crippen molar-refractivity contribution in [2.24, 2.45) is 0 Å². The number of hydrogen-bond donors (Lipinski definition) is 1. The maximum absolute atomic E-state index is 11.9. The van der Waals surface area contributed by atoms with E-state index in [4.69, 9.17) is 19.8 Å². The molecule has 1 saturated heterocycles. The lowest BCUT2D eigenvalue weighted by atomic mass is 10.1. The summed E-state index contributed by atoms with van der Waals surface area (Å²) in [6.07, 6.45) is 0.643. The molecule has 1 aromatic heterocycles. The van der Waals surface area contributed by atoms with Crippen LogP contribution in [0, 0.1) is 6.92 Å². The molecule has 106 valence electrons. The van der Waals surface area contributed by atoms with Gasteiger partial charge in [-0.25, -0.2) is 8.42 Å². The average Bonchev–Trinajstić information content (AvgIpc) is 2.85. The predicted octanol–water partition coefficient (Wildman–Crippen LogP) is 1.42. The molecule has 2 rings (SSSR count). The summed E-state index contributed by atoms with van der Waals surface area (Å²) in [5.74, 6) is -0.455. The maximum Gasteiger partial charge on any atom is 0.287 e. The Hall–Kier alpha value is -1.05. The molecule has 0 aromatic carbocycles. The molecule has 0 radical (unpaired) electrons. The lowest BCUT2D eigenvalue weighted by molar-refractivity contribution is 0.0841. The van der Waals surface area contributed by atoms with Crippen molar-refractivity contribution in [3.8, 4) is 0 Å². The normalized spacial score (nSPS) is 23.5. The van der Waals surface area contributed by atoms with Gasteiger partial charge in [0.1, 0.15) is 10.7 Å². The van der Waals surface area contributed by atoms with E-state index >= 15 is 0 Å². The fourth-order valence-electron chi connectivity index (χ4n) is 1.98. The van der Waals surface area contributed by atoms with E-state index in [1.54, 1.807) is 0 Å². The molecule has 0 bridgehead atoms. The van der Waals surface area contributed by atoms with Gasteiger partial charge in [0, 0.05) is 23.4 Å². The average molecular weight is 308 g/mol. The zero-order valence-corrected chi connectivity index (χ0v) is 12.0. The van der Waals surface area contributed by atoms with Crippen LogP contribution in [0.4, 0.5) is 0 Å². The number of amides is 1. The van der Waals surface area contributed by atoms with Crippen molar-refractivity contribution in [3.05, 3.63) is 17.6 Å². The molecular weight excluding hydrogens is 294 g/mol. The number of rotatable bonds is 3. The Kier molecular flexibility index (Phi) is 3.89. The molecule has 2 atom stereocenters. The Morgan fingerprint density at radius 2 is 2.21 bits per heavy atom. The standard InChI is InChI=1S/C11H14ClNO5S/c1-6-8(3-4-17-6)13-11(14)9-5-10(7(2)18-9)19(12,15)16/h5-6,8H,3-4H2,1-2H3,(H,13,14). The molecule has 1 aliphatic heterocycles. The van der Waals surface area contributed by atoms with Crippen molar-refractivity contribution in [2.45, 2.75) is 37.3 Å². The molecule has 2 unspecified atom stereocenters. The van der Waals surface area contributed by atoms with Gasteiger partial charge in [0.2, 0.25) is 0 Å². The highest BCUT2D eigenvalue weighted by molar-refractivity contribution is 8.13. The van der Waals surface area contributed by atoms with Gasteiger partial charge in [-0.05, 0) is 20.3 Å². The van der Waals surface area contributed by atoms with Crippen molar-refractivity contribution in [1.82, 2.24) is 5.32 Å². The molecule has 1 fully saturated rings. The second-order valence-corrected chi connectivity index (χ2v) is 6.95. The van der Waals surface area contributed by atoms with E-state index in [0.29, 0.717) is 13.0 Å². The lowest BCUT2D eigenvalue weighted by Crippen LogP contribution is -2.39. The van der Waals surface area contributed by atoms with Crippen molar-refractivity contribution >= 4 is 25.6 Å². The third-order valence-electron chi connectivity index (χ3n) is 3.05. The van der Waals surface area contributed by atoms with E-state index in [1.165, 1.54) is 6.92 Å². The number of carbonyl (C=O) groups is 1. The number of aryl methyl sites for hydroxylation is 1. The second kappa shape index (κ2) is 5.15. The van der Waals surface area contributed by atoms with Crippen LogP contribution in [0.3, 0.4) is 0 Å². The van der Waals surface area contributed by atoms with E-state index in [0.717, 1.165) is 6.07 Å². The topological polar surface area (TPSA) is 85.6 Å². The molecule has 1 amide bonds. The highest BCUT2D eigenvalue weighted by atomic mass is 35.7. The molecule has 1 aromatic rings. The number of carbonyl (C=O) groups excluding carboxylic acids is 1. The summed E-state index contributed by atoms with van der Waals surface area (Å²) in [6, 6.07) is 1.03.